The van der Waals surface area contributed by atoms with Gasteiger partial charge in [0.1, 0.15) is 6.61 Å². The molecule has 0 aromatic carbocycles. The number of hydrogen-bond donors (Lipinski definition) is 3. The summed E-state index contributed by atoms with van der Waals surface area (Å²) in [6.07, 6.45) is 35.1. The standard InChI is InChI=1S/C39H68O7/c1-3-5-7-9-11-12-13-14-15-16-17-19-25-31-38(43)45-34-37(33-40)46-39(44)32-26-30-36(42)29-24-21-20-23-28-35(41)27-22-18-10-8-6-4-2/h18,20-24,28-29,35-37,40-42H,3-17,19,25-27,30-34H2,1-2H3/b21-20+,22-18-,28-23+,29-24-/t35-,36-,37-/m0/s1. The molecule has 0 spiro atoms. The van der Waals surface area contributed by atoms with Crippen LogP contribution < -0.4 is 0 Å². The zero-order valence-corrected chi connectivity index (χ0v) is 29.3. The number of rotatable bonds is 32. The molecule has 0 amide bonds. The van der Waals surface area contributed by atoms with Gasteiger partial charge in [-0.2, -0.15) is 0 Å². The van der Waals surface area contributed by atoms with E-state index in [2.05, 4.69) is 19.9 Å². The van der Waals surface area contributed by atoms with Crippen LogP contribution in [0.3, 0.4) is 0 Å². The van der Waals surface area contributed by atoms with Crippen molar-refractivity contribution in [3.05, 3.63) is 48.6 Å². The molecule has 0 aromatic rings. The molecule has 3 N–H and O–H groups in total. The SMILES string of the molecule is CCCCC/C=C\C[C@H](O)/C=C/C=C/C=C\[C@H](O)CCCC(=O)O[C@@H](CO)COC(=O)CCCCCCCCCCCCCCC. The normalized spacial score (nSPS) is 14.1. The van der Waals surface area contributed by atoms with Crippen LogP contribution >= 0.6 is 0 Å². The van der Waals surface area contributed by atoms with Gasteiger partial charge in [0.25, 0.3) is 0 Å². The highest BCUT2D eigenvalue weighted by Gasteiger charge is 2.16. The third-order valence-electron chi connectivity index (χ3n) is 7.82. The van der Waals surface area contributed by atoms with Gasteiger partial charge in [0.05, 0.1) is 18.8 Å². The van der Waals surface area contributed by atoms with Crippen LogP contribution in [0.5, 0.6) is 0 Å². The molecule has 7 heteroatoms. The molecule has 3 atom stereocenters. The van der Waals surface area contributed by atoms with Gasteiger partial charge in [0.2, 0.25) is 0 Å². The van der Waals surface area contributed by atoms with E-state index < -0.39 is 30.9 Å². The van der Waals surface area contributed by atoms with E-state index in [0.717, 1.165) is 25.7 Å². The van der Waals surface area contributed by atoms with E-state index >= 15 is 0 Å². The zero-order valence-electron chi connectivity index (χ0n) is 29.3. The Morgan fingerprint density at radius 1 is 0.609 bits per heavy atom. The van der Waals surface area contributed by atoms with Crippen molar-refractivity contribution in [2.24, 2.45) is 0 Å². The Morgan fingerprint density at radius 3 is 1.72 bits per heavy atom. The Hall–Kier alpha value is -2.22. The summed E-state index contributed by atoms with van der Waals surface area (Å²) in [6.45, 7) is 3.86. The number of carbonyl (C=O) groups excluding carboxylic acids is 2. The van der Waals surface area contributed by atoms with Gasteiger partial charge >= 0.3 is 11.9 Å². The van der Waals surface area contributed by atoms with Gasteiger partial charge in [-0.25, -0.2) is 0 Å². The van der Waals surface area contributed by atoms with Crippen molar-refractivity contribution in [2.45, 2.75) is 173 Å². The highest BCUT2D eigenvalue weighted by Crippen LogP contribution is 2.13. The summed E-state index contributed by atoms with van der Waals surface area (Å²) in [5, 5.41) is 29.6. The quantitative estimate of drug-likeness (QED) is 0.0289. The molecule has 0 aliphatic heterocycles. The molecular weight excluding hydrogens is 580 g/mol. The lowest BCUT2D eigenvalue weighted by atomic mass is 10.0. The van der Waals surface area contributed by atoms with Gasteiger partial charge in [-0.15, -0.1) is 0 Å². The van der Waals surface area contributed by atoms with Crippen LogP contribution in [0.1, 0.15) is 155 Å². The Labute approximate surface area is 281 Å². The molecule has 0 saturated carbocycles. The maximum absolute atomic E-state index is 12.1. The molecule has 0 aliphatic carbocycles. The van der Waals surface area contributed by atoms with Crippen LogP contribution in [0.4, 0.5) is 0 Å². The first-order valence-electron chi connectivity index (χ1n) is 18.4. The van der Waals surface area contributed by atoms with E-state index in [9.17, 15) is 24.9 Å². The van der Waals surface area contributed by atoms with Crippen molar-refractivity contribution in [1.29, 1.82) is 0 Å². The topological polar surface area (TPSA) is 113 Å². The fourth-order valence-corrected chi connectivity index (χ4v) is 4.92. The fraction of sp³-hybridized carbons (Fsp3) is 0.744. The number of unbranched alkanes of at least 4 members (excludes halogenated alkanes) is 15. The minimum atomic E-state index is -0.883. The van der Waals surface area contributed by atoms with Crippen LogP contribution in [-0.4, -0.2) is 58.8 Å². The molecule has 0 unspecified atom stereocenters. The van der Waals surface area contributed by atoms with E-state index in [1.54, 1.807) is 36.5 Å². The lowest BCUT2D eigenvalue weighted by Crippen LogP contribution is -2.28. The van der Waals surface area contributed by atoms with Gasteiger partial charge in [0, 0.05) is 12.8 Å². The summed E-state index contributed by atoms with van der Waals surface area (Å²) in [7, 11) is 0. The third kappa shape index (κ3) is 31.7. The van der Waals surface area contributed by atoms with Gasteiger partial charge < -0.3 is 24.8 Å². The molecule has 0 bridgehead atoms. The predicted molar refractivity (Wildman–Crippen MR) is 189 cm³/mol. The van der Waals surface area contributed by atoms with E-state index in [4.69, 9.17) is 9.47 Å². The summed E-state index contributed by atoms with van der Waals surface area (Å²) >= 11 is 0. The minimum Gasteiger partial charge on any atom is -0.462 e. The summed E-state index contributed by atoms with van der Waals surface area (Å²) < 4.78 is 10.4. The lowest BCUT2D eigenvalue weighted by molar-refractivity contribution is -0.161. The molecule has 0 heterocycles. The van der Waals surface area contributed by atoms with E-state index in [1.807, 2.05) is 6.08 Å². The van der Waals surface area contributed by atoms with Gasteiger partial charge in [-0.1, -0.05) is 152 Å². The second kappa shape index (κ2) is 34.1. The largest absolute Gasteiger partial charge is 0.462 e. The predicted octanol–water partition coefficient (Wildman–Crippen LogP) is 9.00. The van der Waals surface area contributed by atoms with Crippen LogP contribution in [0, 0.1) is 0 Å². The molecular formula is C39H68O7. The average molecular weight is 649 g/mol. The first kappa shape index (κ1) is 43.8. The number of allylic oxidation sites excluding steroid dienone is 5. The minimum absolute atomic E-state index is 0.0951. The maximum Gasteiger partial charge on any atom is 0.306 e. The maximum atomic E-state index is 12.1. The smallest absolute Gasteiger partial charge is 0.306 e. The zero-order chi connectivity index (χ0) is 33.9. The van der Waals surface area contributed by atoms with Gasteiger partial charge in [0.15, 0.2) is 6.10 Å². The molecule has 266 valence electrons. The highest BCUT2D eigenvalue weighted by atomic mass is 16.6. The molecule has 0 aromatic heterocycles. The van der Waals surface area contributed by atoms with Crippen molar-refractivity contribution in [2.75, 3.05) is 13.2 Å². The summed E-state index contributed by atoms with van der Waals surface area (Å²) in [5.74, 6) is -0.833. The number of esters is 2. The second-order valence-corrected chi connectivity index (χ2v) is 12.4. The van der Waals surface area contributed by atoms with E-state index in [-0.39, 0.29) is 19.0 Å². The summed E-state index contributed by atoms with van der Waals surface area (Å²) in [5.41, 5.74) is 0. The number of hydrogen-bond acceptors (Lipinski definition) is 7. The number of carbonyl (C=O) groups is 2. The molecule has 0 fully saturated rings. The van der Waals surface area contributed by atoms with Gasteiger partial charge in [-0.05, 0) is 38.5 Å². The first-order valence-corrected chi connectivity index (χ1v) is 18.4. The Kier molecular flexibility index (Phi) is 32.5. The Morgan fingerprint density at radius 2 is 1.13 bits per heavy atom. The number of ether oxygens (including phenoxy) is 2. The molecule has 0 radical (unpaired) electrons. The monoisotopic (exact) mass is 648 g/mol. The van der Waals surface area contributed by atoms with Crippen molar-refractivity contribution < 1.29 is 34.4 Å². The van der Waals surface area contributed by atoms with Gasteiger partial charge in [-0.3, -0.25) is 9.59 Å². The van der Waals surface area contributed by atoms with Crippen molar-refractivity contribution in [3.63, 3.8) is 0 Å². The highest BCUT2D eigenvalue weighted by molar-refractivity contribution is 5.70. The van der Waals surface area contributed by atoms with Crippen LogP contribution in [0.25, 0.3) is 0 Å². The summed E-state index contributed by atoms with van der Waals surface area (Å²) in [4.78, 5) is 24.2. The fourth-order valence-electron chi connectivity index (χ4n) is 4.92. The Balaban J connectivity index is 3.88. The van der Waals surface area contributed by atoms with E-state index in [0.29, 0.717) is 25.7 Å². The Bertz CT molecular complexity index is 817. The second-order valence-electron chi connectivity index (χ2n) is 12.4. The van der Waals surface area contributed by atoms with Crippen LogP contribution in [-0.2, 0) is 19.1 Å². The van der Waals surface area contributed by atoms with Crippen molar-refractivity contribution >= 4 is 11.9 Å². The molecule has 0 saturated heterocycles. The lowest BCUT2D eigenvalue weighted by Gasteiger charge is -2.16. The number of aliphatic hydroxyl groups is 3. The van der Waals surface area contributed by atoms with Crippen molar-refractivity contribution in [3.8, 4) is 0 Å². The number of aliphatic hydroxyl groups excluding tert-OH is 3. The third-order valence-corrected chi connectivity index (χ3v) is 7.82. The summed E-state index contributed by atoms with van der Waals surface area (Å²) in [6, 6.07) is 0. The molecule has 0 rings (SSSR count). The van der Waals surface area contributed by atoms with Crippen molar-refractivity contribution in [1.82, 2.24) is 0 Å². The first-order chi connectivity index (χ1) is 22.4. The average Bonchev–Trinajstić information content (AvgIpc) is 3.04. The molecule has 0 aliphatic rings. The van der Waals surface area contributed by atoms with Crippen LogP contribution in [0.2, 0.25) is 0 Å². The molecule has 46 heavy (non-hydrogen) atoms. The van der Waals surface area contributed by atoms with E-state index in [1.165, 1.54) is 83.5 Å². The van der Waals surface area contributed by atoms with Crippen LogP contribution in [0.15, 0.2) is 48.6 Å². The molecule has 7 nitrogen and oxygen atoms in total.